The zero-order valence-electron chi connectivity index (χ0n) is 14.6. The molecule has 0 aliphatic heterocycles. The molecule has 23 heavy (non-hydrogen) atoms. The molecule has 1 aromatic carbocycles. The SMILES string of the molecule is CCOC(CCNC(=NC)NCc1ccc(C#N)cc1)C(C)C. The highest BCUT2D eigenvalue weighted by atomic mass is 16.5. The van der Waals surface area contributed by atoms with Crippen molar-refractivity contribution in [2.24, 2.45) is 10.9 Å². The molecule has 0 spiro atoms. The summed E-state index contributed by atoms with van der Waals surface area (Å²) in [6.07, 6.45) is 1.22. The topological polar surface area (TPSA) is 69.4 Å². The fraction of sp³-hybridized carbons (Fsp3) is 0.556. The molecule has 1 atom stereocenters. The van der Waals surface area contributed by atoms with Gasteiger partial charge in [0.25, 0.3) is 0 Å². The number of nitriles is 1. The molecule has 0 radical (unpaired) electrons. The summed E-state index contributed by atoms with van der Waals surface area (Å²) >= 11 is 0. The highest BCUT2D eigenvalue weighted by molar-refractivity contribution is 5.79. The van der Waals surface area contributed by atoms with Crippen LogP contribution >= 0.6 is 0 Å². The molecular formula is C18H28N4O. The van der Waals surface area contributed by atoms with Gasteiger partial charge in [0, 0.05) is 26.7 Å². The summed E-state index contributed by atoms with van der Waals surface area (Å²) in [5, 5.41) is 15.4. The molecule has 0 fully saturated rings. The molecule has 5 heteroatoms. The van der Waals surface area contributed by atoms with Crippen molar-refractivity contribution in [2.75, 3.05) is 20.2 Å². The van der Waals surface area contributed by atoms with Crippen molar-refractivity contribution in [3.8, 4) is 6.07 Å². The average Bonchev–Trinajstić information content (AvgIpc) is 2.57. The van der Waals surface area contributed by atoms with Crippen molar-refractivity contribution in [3.63, 3.8) is 0 Å². The van der Waals surface area contributed by atoms with E-state index in [1.807, 2.05) is 31.2 Å². The van der Waals surface area contributed by atoms with Crippen LogP contribution in [0.4, 0.5) is 0 Å². The van der Waals surface area contributed by atoms with E-state index in [9.17, 15) is 0 Å². The maximum absolute atomic E-state index is 8.80. The Bertz CT molecular complexity index is 517. The monoisotopic (exact) mass is 316 g/mol. The summed E-state index contributed by atoms with van der Waals surface area (Å²) in [5.41, 5.74) is 1.79. The summed E-state index contributed by atoms with van der Waals surface area (Å²) in [6.45, 7) is 8.62. The lowest BCUT2D eigenvalue weighted by Crippen LogP contribution is -2.38. The molecule has 5 nitrogen and oxygen atoms in total. The Morgan fingerprint density at radius 3 is 2.48 bits per heavy atom. The summed E-state index contributed by atoms with van der Waals surface area (Å²) in [5.74, 6) is 1.28. The van der Waals surface area contributed by atoms with Crippen molar-refractivity contribution in [3.05, 3.63) is 35.4 Å². The molecule has 0 saturated carbocycles. The molecule has 0 saturated heterocycles. The summed E-state index contributed by atoms with van der Waals surface area (Å²) in [4.78, 5) is 4.23. The van der Waals surface area contributed by atoms with Crippen molar-refractivity contribution < 1.29 is 4.74 Å². The Morgan fingerprint density at radius 2 is 1.96 bits per heavy atom. The van der Waals surface area contributed by atoms with Crippen molar-refractivity contribution in [1.29, 1.82) is 5.26 Å². The van der Waals surface area contributed by atoms with Gasteiger partial charge in [-0.1, -0.05) is 26.0 Å². The third kappa shape index (κ3) is 7.16. The minimum Gasteiger partial charge on any atom is -0.378 e. The van der Waals surface area contributed by atoms with Gasteiger partial charge in [0.2, 0.25) is 0 Å². The van der Waals surface area contributed by atoms with Crippen molar-refractivity contribution in [1.82, 2.24) is 10.6 Å². The van der Waals surface area contributed by atoms with Crippen LogP contribution in [0.2, 0.25) is 0 Å². The van der Waals surface area contributed by atoms with Crippen molar-refractivity contribution >= 4 is 5.96 Å². The average molecular weight is 316 g/mol. The van der Waals surface area contributed by atoms with Crippen LogP contribution in [0.1, 0.15) is 38.3 Å². The number of aliphatic imine (C=N–C) groups is 1. The van der Waals surface area contributed by atoms with Crippen LogP contribution in [0.5, 0.6) is 0 Å². The van der Waals surface area contributed by atoms with Gasteiger partial charge in [-0.3, -0.25) is 4.99 Å². The zero-order valence-corrected chi connectivity index (χ0v) is 14.6. The number of rotatable bonds is 8. The summed E-state index contributed by atoms with van der Waals surface area (Å²) in [7, 11) is 1.76. The van der Waals surface area contributed by atoms with E-state index < -0.39 is 0 Å². The highest BCUT2D eigenvalue weighted by Gasteiger charge is 2.12. The first kappa shape index (κ1) is 19.0. The summed E-state index contributed by atoms with van der Waals surface area (Å²) < 4.78 is 5.74. The second-order valence-electron chi connectivity index (χ2n) is 5.69. The number of nitrogens with one attached hydrogen (secondary N) is 2. The number of benzene rings is 1. The van der Waals surface area contributed by atoms with E-state index in [0.29, 0.717) is 18.0 Å². The number of hydrogen-bond donors (Lipinski definition) is 2. The van der Waals surface area contributed by atoms with Crippen LogP contribution in [-0.4, -0.2) is 32.3 Å². The van der Waals surface area contributed by atoms with Gasteiger partial charge in [-0.05, 0) is 37.0 Å². The zero-order chi connectivity index (χ0) is 17.1. The minimum atomic E-state index is 0.268. The quantitative estimate of drug-likeness (QED) is 0.571. The lowest BCUT2D eigenvalue weighted by molar-refractivity contribution is 0.0258. The van der Waals surface area contributed by atoms with Crippen molar-refractivity contribution in [2.45, 2.75) is 39.8 Å². The molecule has 0 bridgehead atoms. The van der Waals surface area contributed by atoms with Gasteiger partial charge in [-0.2, -0.15) is 5.26 Å². The molecule has 0 aliphatic carbocycles. The van der Waals surface area contributed by atoms with Crippen LogP contribution in [0.25, 0.3) is 0 Å². The fourth-order valence-corrected chi connectivity index (χ4v) is 2.26. The number of guanidine groups is 1. The second kappa shape index (κ2) is 10.6. The molecule has 1 unspecified atom stereocenters. The minimum absolute atomic E-state index is 0.268. The lowest BCUT2D eigenvalue weighted by Gasteiger charge is -2.21. The Morgan fingerprint density at radius 1 is 1.26 bits per heavy atom. The van der Waals surface area contributed by atoms with Gasteiger partial charge in [0.05, 0.1) is 17.7 Å². The van der Waals surface area contributed by atoms with Gasteiger partial charge >= 0.3 is 0 Å². The van der Waals surface area contributed by atoms with E-state index in [4.69, 9.17) is 10.00 Å². The third-order valence-corrected chi connectivity index (χ3v) is 3.61. The Labute approximate surface area is 139 Å². The van der Waals surface area contributed by atoms with Gasteiger partial charge in [-0.15, -0.1) is 0 Å². The maximum Gasteiger partial charge on any atom is 0.191 e. The normalized spacial score (nSPS) is 12.8. The van der Waals surface area contributed by atoms with Crippen LogP contribution < -0.4 is 10.6 Å². The highest BCUT2D eigenvalue weighted by Crippen LogP contribution is 2.09. The molecule has 2 N–H and O–H groups in total. The lowest BCUT2D eigenvalue weighted by atomic mass is 10.0. The van der Waals surface area contributed by atoms with E-state index in [1.165, 1.54) is 0 Å². The molecule has 0 aromatic heterocycles. The molecule has 0 aliphatic rings. The standard InChI is InChI=1S/C18H28N4O/c1-5-23-17(14(2)3)10-11-21-18(20-4)22-13-16-8-6-15(12-19)7-9-16/h6-9,14,17H,5,10-11,13H2,1-4H3,(H2,20,21,22). The third-order valence-electron chi connectivity index (χ3n) is 3.61. The predicted molar refractivity (Wildman–Crippen MR) is 94.2 cm³/mol. The van der Waals surface area contributed by atoms with Gasteiger partial charge < -0.3 is 15.4 Å². The largest absolute Gasteiger partial charge is 0.378 e. The number of hydrogen-bond acceptors (Lipinski definition) is 3. The smallest absolute Gasteiger partial charge is 0.191 e. The first-order valence-electron chi connectivity index (χ1n) is 8.15. The van der Waals surface area contributed by atoms with Crippen LogP contribution in [0.3, 0.4) is 0 Å². The van der Waals surface area contributed by atoms with Gasteiger partial charge in [0.15, 0.2) is 5.96 Å². The predicted octanol–water partition coefficient (Wildman–Crippen LogP) is 2.67. The molecule has 0 heterocycles. The molecule has 1 aromatic rings. The van der Waals surface area contributed by atoms with Crippen LogP contribution in [0, 0.1) is 17.2 Å². The molecular weight excluding hydrogens is 288 g/mol. The van der Waals surface area contributed by atoms with Gasteiger partial charge in [-0.25, -0.2) is 0 Å². The van der Waals surface area contributed by atoms with Gasteiger partial charge in [0.1, 0.15) is 0 Å². The maximum atomic E-state index is 8.80. The van der Waals surface area contributed by atoms with E-state index >= 15 is 0 Å². The first-order chi connectivity index (χ1) is 11.1. The van der Waals surface area contributed by atoms with Crippen LogP contribution in [0.15, 0.2) is 29.3 Å². The Kier molecular flexibility index (Phi) is 8.78. The summed E-state index contributed by atoms with van der Waals surface area (Å²) in [6, 6.07) is 9.66. The molecule has 0 amide bonds. The Balaban J connectivity index is 2.38. The fourth-order valence-electron chi connectivity index (χ4n) is 2.26. The van der Waals surface area contributed by atoms with E-state index in [0.717, 1.165) is 31.1 Å². The second-order valence-corrected chi connectivity index (χ2v) is 5.69. The van der Waals surface area contributed by atoms with E-state index in [2.05, 4.69) is 35.5 Å². The Hall–Kier alpha value is -2.06. The number of nitrogens with zero attached hydrogens (tertiary/aromatic N) is 2. The molecule has 1 rings (SSSR count). The molecule has 126 valence electrons. The van der Waals surface area contributed by atoms with E-state index in [-0.39, 0.29) is 6.10 Å². The van der Waals surface area contributed by atoms with Crippen LogP contribution in [-0.2, 0) is 11.3 Å². The first-order valence-corrected chi connectivity index (χ1v) is 8.15. The van der Waals surface area contributed by atoms with E-state index in [1.54, 1.807) is 7.05 Å². The number of ether oxygens (including phenoxy) is 1.